The summed E-state index contributed by atoms with van der Waals surface area (Å²) < 4.78 is 0. The van der Waals surface area contributed by atoms with Crippen molar-refractivity contribution in [2.24, 2.45) is 0 Å². The van der Waals surface area contributed by atoms with E-state index in [0.29, 0.717) is 0 Å². The number of carbonyl (C=O) groups excluding carboxylic acids is 4. The minimum absolute atomic E-state index is 0.233. The van der Waals surface area contributed by atoms with Gasteiger partial charge in [0.1, 0.15) is 6.17 Å². The van der Waals surface area contributed by atoms with Crippen molar-refractivity contribution in [1.82, 2.24) is 9.80 Å². The van der Waals surface area contributed by atoms with E-state index in [1.54, 1.807) is 5.57 Å². The molecule has 6 nitrogen and oxygen atoms in total. The van der Waals surface area contributed by atoms with E-state index < -0.39 is 0 Å². The SMILES string of the molecule is CCC1=C(CC)N(Cc2ccccc2)C(c2ccccc2)N(Cc2ccccc2)C1.O=C=O.O=C=O. The summed E-state index contributed by atoms with van der Waals surface area (Å²) in [7, 11) is 0. The average molecular weight is 485 g/mol. The first-order valence-electron chi connectivity index (χ1n) is 12.0. The van der Waals surface area contributed by atoms with Gasteiger partial charge >= 0.3 is 12.3 Å². The van der Waals surface area contributed by atoms with Crippen LogP contribution in [0.25, 0.3) is 0 Å². The molecule has 36 heavy (non-hydrogen) atoms. The zero-order valence-electron chi connectivity index (χ0n) is 20.8. The summed E-state index contributed by atoms with van der Waals surface area (Å²) in [6, 6.07) is 32.8. The van der Waals surface area contributed by atoms with Gasteiger partial charge in [-0.1, -0.05) is 105 Å². The molecule has 3 aromatic rings. The van der Waals surface area contributed by atoms with Crippen molar-refractivity contribution in [1.29, 1.82) is 0 Å². The third-order valence-electron chi connectivity index (χ3n) is 6.07. The average Bonchev–Trinajstić information content (AvgIpc) is 2.91. The molecule has 0 amide bonds. The molecule has 186 valence electrons. The summed E-state index contributed by atoms with van der Waals surface area (Å²) in [5, 5.41) is 0. The molecule has 4 rings (SSSR count). The lowest BCUT2D eigenvalue weighted by Crippen LogP contribution is -2.46. The fourth-order valence-electron chi connectivity index (χ4n) is 4.68. The lowest BCUT2D eigenvalue weighted by atomic mass is 9.97. The molecule has 1 atom stereocenters. The summed E-state index contributed by atoms with van der Waals surface area (Å²) in [6.07, 6.45) is 2.90. The Morgan fingerprint density at radius 2 is 1.11 bits per heavy atom. The van der Waals surface area contributed by atoms with Crippen molar-refractivity contribution in [2.75, 3.05) is 6.54 Å². The normalized spacial score (nSPS) is 14.9. The van der Waals surface area contributed by atoms with Crippen LogP contribution in [0.2, 0.25) is 0 Å². The van der Waals surface area contributed by atoms with Crippen LogP contribution in [-0.4, -0.2) is 28.6 Å². The first-order valence-corrected chi connectivity index (χ1v) is 12.0. The maximum absolute atomic E-state index is 8.12. The second-order valence-corrected chi connectivity index (χ2v) is 8.21. The molecule has 0 bridgehead atoms. The van der Waals surface area contributed by atoms with Gasteiger partial charge in [-0.2, -0.15) is 19.2 Å². The fourth-order valence-corrected chi connectivity index (χ4v) is 4.68. The van der Waals surface area contributed by atoms with E-state index >= 15 is 0 Å². The van der Waals surface area contributed by atoms with Crippen molar-refractivity contribution < 1.29 is 19.2 Å². The number of rotatable bonds is 7. The molecule has 1 aliphatic rings. The largest absolute Gasteiger partial charge is 0.373 e. The Bertz CT molecular complexity index is 1120. The first-order chi connectivity index (χ1) is 17.6. The summed E-state index contributed by atoms with van der Waals surface area (Å²) >= 11 is 0. The topological polar surface area (TPSA) is 74.8 Å². The molecule has 0 fully saturated rings. The predicted octanol–water partition coefficient (Wildman–Crippen LogP) is 5.61. The van der Waals surface area contributed by atoms with Gasteiger partial charge in [0.25, 0.3) is 0 Å². The second kappa shape index (κ2) is 15.8. The van der Waals surface area contributed by atoms with Gasteiger partial charge in [0.05, 0.1) is 0 Å². The summed E-state index contributed by atoms with van der Waals surface area (Å²) in [6.45, 7) is 7.51. The number of nitrogens with zero attached hydrogens (tertiary/aromatic N) is 2. The Kier molecular flexibility index (Phi) is 12.3. The Morgan fingerprint density at radius 3 is 1.56 bits per heavy atom. The van der Waals surface area contributed by atoms with Crippen LogP contribution >= 0.6 is 0 Å². The van der Waals surface area contributed by atoms with E-state index in [2.05, 4.69) is 115 Å². The van der Waals surface area contributed by atoms with Crippen LogP contribution in [0.1, 0.15) is 49.5 Å². The predicted molar refractivity (Wildman–Crippen MR) is 136 cm³/mol. The van der Waals surface area contributed by atoms with Gasteiger partial charge in [0, 0.05) is 25.3 Å². The lowest BCUT2D eigenvalue weighted by Gasteiger charge is -2.48. The third-order valence-corrected chi connectivity index (χ3v) is 6.07. The lowest BCUT2D eigenvalue weighted by molar-refractivity contribution is -0.193. The molecule has 0 spiro atoms. The molecule has 6 heteroatoms. The van der Waals surface area contributed by atoms with Gasteiger partial charge in [-0.25, -0.2) is 0 Å². The zero-order valence-corrected chi connectivity index (χ0v) is 20.8. The van der Waals surface area contributed by atoms with Crippen LogP contribution in [0, 0.1) is 0 Å². The zero-order chi connectivity index (χ0) is 26.2. The van der Waals surface area contributed by atoms with Gasteiger partial charge in [-0.15, -0.1) is 0 Å². The molecule has 1 aliphatic heterocycles. The van der Waals surface area contributed by atoms with Gasteiger partial charge in [-0.05, 0) is 35.1 Å². The summed E-state index contributed by atoms with van der Waals surface area (Å²) in [5.41, 5.74) is 7.18. The monoisotopic (exact) mass is 484 g/mol. The molecular formula is C30H32N2O4. The highest BCUT2D eigenvalue weighted by Crippen LogP contribution is 2.39. The molecule has 0 aliphatic carbocycles. The van der Waals surface area contributed by atoms with Gasteiger partial charge in [-0.3, -0.25) is 4.90 Å². The molecule has 0 aromatic heterocycles. The van der Waals surface area contributed by atoms with Crippen LogP contribution in [-0.2, 0) is 32.3 Å². The Morgan fingerprint density at radius 1 is 0.667 bits per heavy atom. The molecule has 1 unspecified atom stereocenters. The van der Waals surface area contributed by atoms with Crippen molar-refractivity contribution in [3.63, 3.8) is 0 Å². The number of allylic oxidation sites excluding steroid dienone is 1. The van der Waals surface area contributed by atoms with Gasteiger partial charge in [0.2, 0.25) is 0 Å². The van der Waals surface area contributed by atoms with Crippen LogP contribution < -0.4 is 0 Å². The Balaban J connectivity index is 0.000000693. The highest BCUT2D eigenvalue weighted by atomic mass is 16.2. The van der Waals surface area contributed by atoms with Crippen LogP contribution in [0.5, 0.6) is 0 Å². The van der Waals surface area contributed by atoms with Crippen molar-refractivity contribution >= 4 is 12.3 Å². The Hall–Kier alpha value is -4.08. The molecule has 0 N–H and O–H groups in total. The maximum atomic E-state index is 8.12. The van der Waals surface area contributed by atoms with Gasteiger partial charge in [0.15, 0.2) is 0 Å². The van der Waals surface area contributed by atoms with E-state index in [1.807, 2.05) is 0 Å². The fraction of sp³-hybridized carbons (Fsp3) is 0.267. The highest BCUT2D eigenvalue weighted by Gasteiger charge is 2.34. The minimum atomic E-state index is 0.233. The van der Waals surface area contributed by atoms with Crippen molar-refractivity contribution in [3.05, 3.63) is 119 Å². The maximum Gasteiger partial charge on any atom is 0.373 e. The van der Waals surface area contributed by atoms with E-state index in [4.69, 9.17) is 19.2 Å². The minimum Gasteiger partial charge on any atom is -0.351 e. The molecular weight excluding hydrogens is 452 g/mol. The molecule has 0 saturated heterocycles. The molecule has 3 aromatic carbocycles. The molecule has 1 heterocycles. The third kappa shape index (κ3) is 8.00. The standard InChI is InChI=1S/C28H32N2.2CO2/c1-3-25-22-29(20-23-14-8-5-9-15-23)28(26-18-12-7-13-19-26)30(27(25)4-2)21-24-16-10-6-11-17-24;2*2-1-3/h5-19,28H,3-4,20-22H2,1-2H3;;. The van der Waals surface area contributed by atoms with E-state index in [9.17, 15) is 0 Å². The van der Waals surface area contributed by atoms with Crippen molar-refractivity contribution in [3.8, 4) is 0 Å². The van der Waals surface area contributed by atoms with Crippen molar-refractivity contribution in [2.45, 2.75) is 45.9 Å². The second-order valence-electron chi connectivity index (χ2n) is 8.21. The quantitative estimate of drug-likeness (QED) is 0.434. The van der Waals surface area contributed by atoms with E-state index in [-0.39, 0.29) is 18.5 Å². The number of benzene rings is 3. The molecule has 0 saturated carbocycles. The van der Waals surface area contributed by atoms with Crippen LogP contribution in [0.15, 0.2) is 102 Å². The van der Waals surface area contributed by atoms with E-state index in [1.165, 1.54) is 22.4 Å². The van der Waals surface area contributed by atoms with Gasteiger partial charge < -0.3 is 4.90 Å². The van der Waals surface area contributed by atoms with Crippen LogP contribution in [0.3, 0.4) is 0 Å². The number of hydrogen-bond acceptors (Lipinski definition) is 6. The van der Waals surface area contributed by atoms with Crippen LogP contribution in [0.4, 0.5) is 0 Å². The molecule has 0 radical (unpaired) electrons. The first kappa shape index (κ1) is 28.2. The summed E-state index contributed by atoms with van der Waals surface area (Å²) in [5.74, 6) is 0. The number of hydrogen-bond donors (Lipinski definition) is 0. The highest BCUT2D eigenvalue weighted by molar-refractivity contribution is 5.29. The summed E-state index contributed by atoms with van der Waals surface area (Å²) in [4.78, 5) is 37.8. The smallest absolute Gasteiger partial charge is 0.351 e. The Labute approximate surface area is 212 Å². The van der Waals surface area contributed by atoms with E-state index in [0.717, 1.165) is 32.5 Å².